The zero-order valence-electron chi connectivity index (χ0n) is 8.96. The Labute approximate surface area is 98.7 Å². The standard InChI is InChI=1S/C12H13ClO3/c1-7-5-10(14)9(13)6-8(7)12(11(15)16)3-2-4-12/h5-6,14H,2-4H2,1H3,(H,15,16). The van der Waals surface area contributed by atoms with E-state index in [4.69, 9.17) is 11.6 Å². The Balaban J connectivity index is 2.55. The molecule has 0 bridgehead atoms. The number of aryl methyl sites for hydroxylation is 1. The molecule has 2 N–H and O–H groups in total. The van der Waals surface area contributed by atoms with E-state index < -0.39 is 11.4 Å². The second-order valence-corrected chi connectivity index (χ2v) is 4.77. The number of benzene rings is 1. The van der Waals surface area contributed by atoms with Gasteiger partial charge in [0.15, 0.2) is 0 Å². The van der Waals surface area contributed by atoms with Gasteiger partial charge >= 0.3 is 5.97 Å². The molecule has 1 aliphatic carbocycles. The van der Waals surface area contributed by atoms with Crippen LogP contribution in [0.3, 0.4) is 0 Å². The molecule has 16 heavy (non-hydrogen) atoms. The van der Waals surface area contributed by atoms with Crippen LogP contribution in [0.15, 0.2) is 12.1 Å². The zero-order chi connectivity index (χ0) is 11.9. The molecule has 0 aliphatic heterocycles. The molecule has 4 heteroatoms. The monoisotopic (exact) mass is 240 g/mol. The van der Waals surface area contributed by atoms with Crippen molar-refractivity contribution in [2.24, 2.45) is 0 Å². The zero-order valence-corrected chi connectivity index (χ0v) is 9.71. The van der Waals surface area contributed by atoms with Crippen molar-refractivity contribution in [1.82, 2.24) is 0 Å². The summed E-state index contributed by atoms with van der Waals surface area (Å²) in [6.07, 6.45) is 2.21. The molecule has 86 valence electrons. The fourth-order valence-corrected chi connectivity index (χ4v) is 2.47. The molecule has 0 saturated heterocycles. The first-order valence-electron chi connectivity index (χ1n) is 5.20. The van der Waals surface area contributed by atoms with Crippen LogP contribution in [0.5, 0.6) is 5.75 Å². The average Bonchev–Trinajstić information content (AvgIpc) is 2.11. The predicted octanol–water partition coefficient (Wildman–Crippen LogP) is 2.86. The third-order valence-corrected chi connectivity index (χ3v) is 3.73. The number of carboxylic acid groups (broad SMARTS) is 1. The number of rotatable bonds is 2. The summed E-state index contributed by atoms with van der Waals surface area (Å²) in [4.78, 5) is 11.3. The smallest absolute Gasteiger partial charge is 0.314 e. The van der Waals surface area contributed by atoms with E-state index in [1.54, 1.807) is 13.0 Å². The lowest BCUT2D eigenvalue weighted by Crippen LogP contribution is -2.42. The summed E-state index contributed by atoms with van der Waals surface area (Å²) in [6, 6.07) is 3.11. The van der Waals surface area contributed by atoms with E-state index in [1.807, 2.05) is 0 Å². The van der Waals surface area contributed by atoms with Gasteiger partial charge in [-0.15, -0.1) is 0 Å². The third-order valence-electron chi connectivity index (χ3n) is 3.43. The van der Waals surface area contributed by atoms with Crippen molar-refractivity contribution in [3.63, 3.8) is 0 Å². The number of phenolic OH excluding ortho intramolecular Hbond substituents is 1. The Hall–Kier alpha value is -1.22. The largest absolute Gasteiger partial charge is 0.506 e. The van der Waals surface area contributed by atoms with Gasteiger partial charge in [0.25, 0.3) is 0 Å². The quantitative estimate of drug-likeness (QED) is 0.836. The molecule has 0 atom stereocenters. The van der Waals surface area contributed by atoms with E-state index in [9.17, 15) is 15.0 Å². The molecule has 0 spiro atoms. The molecule has 0 radical (unpaired) electrons. The Kier molecular flexibility index (Phi) is 2.58. The van der Waals surface area contributed by atoms with Crippen LogP contribution < -0.4 is 0 Å². The van der Waals surface area contributed by atoms with Crippen molar-refractivity contribution in [2.75, 3.05) is 0 Å². The van der Waals surface area contributed by atoms with Gasteiger partial charge in [0.1, 0.15) is 5.75 Å². The number of phenols is 1. The first kappa shape index (κ1) is 11.3. The summed E-state index contributed by atoms with van der Waals surface area (Å²) in [5.74, 6) is -0.800. The average molecular weight is 241 g/mol. The van der Waals surface area contributed by atoms with E-state index >= 15 is 0 Å². The predicted molar refractivity (Wildman–Crippen MR) is 61.0 cm³/mol. The minimum absolute atomic E-state index is 0.00257. The molecule has 1 aliphatic rings. The van der Waals surface area contributed by atoms with Crippen LogP contribution in [0.25, 0.3) is 0 Å². The van der Waals surface area contributed by atoms with Crippen molar-refractivity contribution in [3.05, 3.63) is 28.3 Å². The van der Waals surface area contributed by atoms with Crippen molar-refractivity contribution in [3.8, 4) is 5.75 Å². The van der Waals surface area contributed by atoms with Crippen molar-refractivity contribution < 1.29 is 15.0 Å². The summed E-state index contributed by atoms with van der Waals surface area (Å²) in [5.41, 5.74) is 0.722. The van der Waals surface area contributed by atoms with Crippen molar-refractivity contribution >= 4 is 17.6 Å². The van der Waals surface area contributed by atoms with Crippen LogP contribution in [0.2, 0.25) is 5.02 Å². The summed E-state index contributed by atoms with van der Waals surface area (Å²) < 4.78 is 0. The highest BCUT2D eigenvalue weighted by Gasteiger charge is 2.46. The van der Waals surface area contributed by atoms with Crippen LogP contribution in [-0.2, 0) is 10.2 Å². The summed E-state index contributed by atoms with van der Waals surface area (Å²) in [6.45, 7) is 1.80. The van der Waals surface area contributed by atoms with E-state index in [2.05, 4.69) is 0 Å². The first-order chi connectivity index (χ1) is 7.47. The van der Waals surface area contributed by atoms with Crippen LogP contribution in [0.1, 0.15) is 30.4 Å². The number of carbonyl (C=O) groups is 1. The van der Waals surface area contributed by atoms with Crippen LogP contribution in [0.4, 0.5) is 0 Å². The van der Waals surface area contributed by atoms with Gasteiger partial charge in [0, 0.05) is 0 Å². The molecule has 1 saturated carbocycles. The Morgan fingerprint density at radius 3 is 2.50 bits per heavy atom. The van der Waals surface area contributed by atoms with Gasteiger partial charge in [-0.3, -0.25) is 4.79 Å². The Morgan fingerprint density at radius 2 is 2.06 bits per heavy atom. The molecule has 0 amide bonds. The van der Waals surface area contributed by atoms with Crippen LogP contribution >= 0.6 is 11.6 Å². The van der Waals surface area contributed by atoms with Gasteiger partial charge in [-0.2, -0.15) is 0 Å². The summed E-state index contributed by atoms with van der Waals surface area (Å²) in [7, 11) is 0. The van der Waals surface area contributed by atoms with E-state index in [0.29, 0.717) is 12.8 Å². The summed E-state index contributed by atoms with van der Waals surface area (Å²) in [5, 5.41) is 19.0. The molecule has 0 heterocycles. The minimum atomic E-state index is -0.802. The van der Waals surface area contributed by atoms with Gasteiger partial charge in [0.05, 0.1) is 10.4 Å². The third kappa shape index (κ3) is 1.47. The molecule has 2 rings (SSSR count). The van der Waals surface area contributed by atoms with Gasteiger partial charge in [-0.1, -0.05) is 18.0 Å². The number of aromatic hydroxyl groups is 1. The fourth-order valence-electron chi connectivity index (χ4n) is 2.31. The van der Waals surface area contributed by atoms with E-state index in [-0.39, 0.29) is 10.8 Å². The van der Waals surface area contributed by atoms with Gasteiger partial charge in [-0.25, -0.2) is 0 Å². The second-order valence-electron chi connectivity index (χ2n) is 4.36. The van der Waals surface area contributed by atoms with Gasteiger partial charge in [0.2, 0.25) is 0 Å². The van der Waals surface area contributed by atoms with Crippen molar-refractivity contribution in [2.45, 2.75) is 31.6 Å². The van der Waals surface area contributed by atoms with Crippen LogP contribution in [0, 0.1) is 6.92 Å². The maximum absolute atomic E-state index is 11.3. The van der Waals surface area contributed by atoms with E-state index in [0.717, 1.165) is 17.5 Å². The lowest BCUT2D eigenvalue weighted by Gasteiger charge is -2.39. The van der Waals surface area contributed by atoms with Crippen molar-refractivity contribution in [1.29, 1.82) is 0 Å². The number of hydrogen-bond donors (Lipinski definition) is 2. The first-order valence-corrected chi connectivity index (χ1v) is 5.58. The molecular formula is C12H13ClO3. The Morgan fingerprint density at radius 1 is 1.44 bits per heavy atom. The molecule has 1 fully saturated rings. The second kappa shape index (κ2) is 3.67. The molecule has 0 aromatic heterocycles. The molecular weight excluding hydrogens is 228 g/mol. The highest BCUT2D eigenvalue weighted by Crippen LogP contribution is 2.46. The minimum Gasteiger partial charge on any atom is -0.506 e. The number of hydrogen-bond acceptors (Lipinski definition) is 2. The highest BCUT2D eigenvalue weighted by molar-refractivity contribution is 6.32. The lowest BCUT2D eigenvalue weighted by atomic mass is 9.63. The number of aliphatic carboxylic acids is 1. The molecule has 1 aromatic carbocycles. The highest BCUT2D eigenvalue weighted by atomic mass is 35.5. The maximum atomic E-state index is 11.3. The molecule has 1 aromatic rings. The normalized spacial score (nSPS) is 17.9. The molecule has 3 nitrogen and oxygen atoms in total. The fraction of sp³-hybridized carbons (Fsp3) is 0.417. The van der Waals surface area contributed by atoms with E-state index in [1.165, 1.54) is 6.07 Å². The molecule has 0 unspecified atom stereocenters. The summed E-state index contributed by atoms with van der Waals surface area (Å²) >= 11 is 5.83. The Bertz CT molecular complexity index is 450. The van der Waals surface area contributed by atoms with Gasteiger partial charge in [-0.05, 0) is 43.0 Å². The van der Waals surface area contributed by atoms with Crippen LogP contribution in [-0.4, -0.2) is 16.2 Å². The topological polar surface area (TPSA) is 57.5 Å². The lowest BCUT2D eigenvalue weighted by molar-refractivity contribution is -0.147. The maximum Gasteiger partial charge on any atom is 0.314 e. The SMILES string of the molecule is Cc1cc(O)c(Cl)cc1C1(C(=O)O)CCC1. The number of halogens is 1. The van der Waals surface area contributed by atoms with Gasteiger partial charge < -0.3 is 10.2 Å². The number of carboxylic acids is 1.